The summed E-state index contributed by atoms with van der Waals surface area (Å²) in [6.07, 6.45) is 0. The Bertz CT molecular complexity index is 2160. The maximum absolute atomic E-state index is 3.79. The van der Waals surface area contributed by atoms with Gasteiger partial charge < -0.3 is 9.47 Å². The number of fused-ring (bicyclic) bond motifs is 3. The minimum Gasteiger partial charge on any atom is -0.311 e. The molecule has 8 rings (SSSR count). The molecule has 0 radical (unpaired) electrons. The van der Waals surface area contributed by atoms with Gasteiger partial charge in [0.1, 0.15) is 0 Å². The molecule has 214 valence electrons. The van der Waals surface area contributed by atoms with Crippen molar-refractivity contribution >= 4 is 54.8 Å². The summed E-state index contributed by atoms with van der Waals surface area (Å²) in [6, 6.07) is 62.7. The fourth-order valence-electron chi connectivity index (χ4n) is 6.33. The van der Waals surface area contributed by atoms with Crippen LogP contribution in [0.2, 0.25) is 0 Å². The number of hydrogen-bond acceptors (Lipinski definition) is 1. The second-order valence-corrected chi connectivity index (χ2v) is 12.1. The van der Waals surface area contributed by atoms with Gasteiger partial charge in [-0.05, 0) is 101 Å². The van der Waals surface area contributed by atoms with E-state index in [-0.39, 0.29) is 0 Å². The third-order valence-corrected chi connectivity index (χ3v) is 8.88. The highest BCUT2D eigenvalue weighted by Gasteiger charge is 2.14. The minimum absolute atomic E-state index is 1.06. The zero-order chi connectivity index (χ0) is 30.2. The third kappa shape index (κ3) is 5.12. The summed E-state index contributed by atoms with van der Waals surface area (Å²) < 4.78 is 3.41. The third-order valence-electron chi connectivity index (χ3n) is 8.42. The van der Waals surface area contributed by atoms with Crippen LogP contribution in [0.4, 0.5) is 17.1 Å². The molecule has 0 aliphatic heterocycles. The number of halogens is 1. The average molecular weight is 642 g/mol. The van der Waals surface area contributed by atoms with Crippen molar-refractivity contribution in [3.8, 4) is 27.9 Å². The highest BCUT2D eigenvalue weighted by molar-refractivity contribution is 9.10. The molecule has 0 aliphatic rings. The van der Waals surface area contributed by atoms with Crippen LogP contribution in [0.15, 0.2) is 180 Å². The Kier molecular flexibility index (Phi) is 7.01. The van der Waals surface area contributed by atoms with Gasteiger partial charge in [-0.15, -0.1) is 0 Å². The van der Waals surface area contributed by atoms with Crippen molar-refractivity contribution < 1.29 is 0 Å². The largest absolute Gasteiger partial charge is 0.311 e. The lowest BCUT2D eigenvalue weighted by atomic mass is 9.98. The molecule has 0 fully saturated rings. The van der Waals surface area contributed by atoms with Crippen LogP contribution in [-0.2, 0) is 0 Å². The molecular weight excluding hydrogens is 612 g/mol. The van der Waals surface area contributed by atoms with Crippen LogP contribution in [-0.4, -0.2) is 4.57 Å². The summed E-state index contributed by atoms with van der Waals surface area (Å²) in [5.41, 5.74) is 11.7. The van der Waals surface area contributed by atoms with Gasteiger partial charge in [0.2, 0.25) is 0 Å². The molecule has 45 heavy (non-hydrogen) atoms. The van der Waals surface area contributed by atoms with E-state index in [4.69, 9.17) is 0 Å². The first-order valence-corrected chi connectivity index (χ1v) is 15.9. The van der Waals surface area contributed by atoms with Gasteiger partial charge in [-0.1, -0.05) is 113 Å². The number of rotatable bonds is 6. The Morgan fingerprint density at radius 3 is 1.31 bits per heavy atom. The zero-order valence-electron chi connectivity index (χ0n) is 24.5. The lowest BCUT2D eigenvalue weighted by Crippen LogP contribution is -2.09. The number of nitrogens with zero attached hydrogens (tertiary/aromatic N) is 2. The van der Waals surface area contributed by atoms with Crippen LogP contribution in [0.1, 0.15) is 0 Å². The fraction of sp³-hybridized carbons (Fsp3) is 0. The van der Waals surface area contributed by atoms with Gasteiger partial charge in [-0.2, -0.15) is 0 Å². The summed E-state index contributed by atoms with van der Waals surface area (Å²) in [4.78, 5) is 2.29. The van der Waals surface area contributed by atoms with Crippen molar-refractivity contribution in [2.75, 3.05) is 4.90 Å². The summed E-state index contributed by atoms with van der Waals surface area (Å²) in [5, 5.41) is 2.55. The first kappa shape index (κ1) is 27.2. The second-order valence-electron chi connectivity index (χ2n) is 11.2. The van der Waals surface area contributed by atoms with E-state index in [1.807, 2.05) is 0 Å². The monoisotopic (exact) mass is 640 g/mol. The predicted molar refractivity (Wildman–Crippen MR) is 194 cm³/mol. The Morgan fingerprint density at radius 1 is 0.378 bits per heavy atom. The van der Waals surface area contributed by atoms with E-state index in [0.717, 1.165) is 27.2 Å². The molecule has 0 amide bonds. The van der Waals surface area contributed by atoms with E-state index >= 15 is 0 Å². The summed E-state index contributed by atoms with van der Waals surface area (Å²) in [7, 11) is 0. The molecule has 0 atom stereocenters. The molecule has 0 saturated heterocycles. The lowest BCUT2D eigenvalue weighted by molar-refractivity contribution is 1.18. The van der Waals surface area contributed by atoms with Gasteiger partial charge in [0.25, 0.3) is 0 Å². The Labute approximate surface area is 271 Å². The molecule has 0 N–H and O–H groups in total. The van der Waals surface area contributed by atoms with Gasteiger partial charge in [0, 0.05) is 38.0 Å². The van der Waals surface area contributed by atoms with E-state index in [1.54, 1.807) is 0 Å². The maximum atomic E-state index is 3.79. The fourth-order valence-corrected chi connectivity index (χ4v) is 6.82. The van der Waals surface area contributed by atoms with Crippen molar-refractivity contribution in [2.24, 2.45) is 0 Å². The molecule has 8 aromatic rings. The Hall–Kier alpha value is -5.38. The summed E-state index contributed by atoms with van der Waals surface area (Å²) in [5.74, 6) is 0. The minimum atomic E-state index is 1.06. The smallest absolute Gasteiger partial charge is 0.0541 e. The molecule has 0 spiro atoms. The normalized spacial score (nSPS) is 11.2. The second kappa shape index (κ2) is 11.6. The number of hydrogen-bond donors (Lipinski definition) is 0. The van der Waals surface area contributed by atoms with Crippen molar-refractivity contribution in [3.63, 3.8) is 0 Å². The molecule has 0 aliphatic carbocycles. The van der Waals surface area contributed by atoms with Crippen LogP contribution in [0.3, 0.4) is 0 Å². The SMILES string of the molecule is Brc1cc(-c2ccc(N(c3ccccc3)c3ccccc3)cc2)cc(-c2ccc(-n3c4ccccc4c4ccccc43)cc2)c1. The van der Waals surface area contributed by atoms with Crippen LogP contribution >= 0.6 is 15.9 Å². The number of anilines is 3. The molecule has 7 aromatic carbocycles. The molecule has 0 unspecified atom stereocenters. The van der Waals surface area contributed by atoms with Crippen LogP contribution in [0.25, 0.3) is 49.7 Å². The topological polar surface area (TPSA) is 8.17 Å². The standard InChI is InChI=1S/C42H29BrN2/c43-34-28-32(30-19-23-37(24-20-30)44(35-11-3-1-4-12-35)36-13-5-2-6-14-36)27-33(29-34)31-21-25-38(26-22-31)45-41-17-9-7-15-39(41)40-16-8-10-18-42(40)45/h1-29H. The lowest BCUT2D eigenvalue weighted by Gasteiger charge is -2.25. The van der Waals surface area contributed by atoms with Gasteiger partial charge in [-0.25, -0.2) is 0 Å². The van der Waals surface area contributed by atoms with Gasteiger partial charge in [0.05, 0.1) is 11.0 Å². The van der Waals surface area contributed by atoms with Crippen molar-refractivity contribution in [1.82, 2.24) is 4.57 Å². The van der Waals surface area contributed by atoms with E-state index in [0.29, 0.717) is 0 Å². The van der Waals surface area contributed by atoms with Gasteiger partial charge in [0.15, 0.2) is 0 Å². The van der Waals surface area contributed by atoms with E-state index in [1.165, 1.54) is 44.1 Å². The molecule has 2 nitrogen and oxygen atoms in total. The Morgan fingerprint density at radius 2 is 0.800 bits per heavy atom. The highest BCUT2D eigenvalue weighted by atomic mass is 79.9. The summed E-state index contributed by atoms with van der Waals surface area (Å²) >= 11 is 3.79. The van der Waals surface area contributed by atoms with E-state index in [9.17, 15) is 0 Å². The van der Waals surface area contributed by atoms with E-state index in [2.05, 4.69) is 201 Å². The highest BCUT2D eigenvalue weighted by Crippen LogP contribution is 2.37. The summed E-state index contributed by atoms with van der Waals surface area (Å²) in [6.45, 7) is 0. The quantitative estimate of drug-likeness (QED) is 0.175. The molecular formula is C42H29BrN2. The molecule has 1 aromatic heterocycles. The van der Waals surface area contributed by atoms with Crippen LogP contribution in [0, 0.1) is 0 Å². The average Bonchev–Trinajstić information content (AvgIpc) is 3.44. The van der Waals surface area contributed by atoms with E-state index < -0.39 is 0 Å². The van der Waals surface area contributed by atoms with Crippen molar-refractivity contribution in [2.45, 2.75) is 0 Å². The molecule has 3 heteroatoms. The van der Waals surface area contributed by atoms with Crippen LogP contribution < -0.4 is 4.90 Å². The number of aromatic nitrogens is 1. The van der Waals surface area contributed by atoms with Crippen molar-refractivity contribution in [3.05, 3.63) is 180 Å². The first-order valence-electron chi connectivity index (χ1n) is 15.1. The maximum Gasteiger partial charge on any atom is 0.0541 e. The number of para-hydroxylation sites is 4. The van der Waals surface area contributed by atoms with Crippen molar-refractivity contribution in [1.29, 1.82) is 0 Å². The first-order chi connectivity index (χ1) is 22.2. The predicted octanol–water partition coefficient (Wildman–Crippen LogP) is 12.3. The van der Waals surface area contributed by atoms with Gasteiger partial charge >= 0.3 is 0 Å². The Balaban J connectivity index is 1.13. The number of benzene rings is 7. The zero-order valence-corrected chi connectivity index (χ0v) is 26.1. The van der Waals surface area contributed by atoms with Crippen LogP contribution in [0.5, 0.6) is 0 Å². The van der Waals surface area contributed by atoms with Gasteiger partial charge in [-0.3, -0.25) is 0 Å². The molecule has 0 saturated carbocycles. The molecule has 1 heterocycles. The molecule has 0 bridgehead atoms.